The number of ether oxygens (including phenoxy) is 2. The summed E-state index contributed by atoms with van der Waals surface area (Å²) in [6.45, 7) is 0.675. The molecule has 0 aliphatic rings. The highest BCUT2D eigenvalue weighted by Gasteiger charge is 2.10. The predicted molar refractivity (Wildman–Crippen MR) is 98.7 cm³/mol. The summed E-state index contributed by atoms with van der Waals surface area (Å²) in [4.78, 5) is 0. The highest BCUT2D eigenvalue weighted by molar-refractivity contribution is 14.1. The molecule has 0 amide bonds. The summed E-state index contributed by atoms with van der Waals surface area (Å²) >= 11 is 11.7. The molecule has 0 bridgehead atoms. The van der Waals surface area contributed by atoms with Gasteiger partial charge in [-0.3, -0.25) is 0 Å². The van der Waals surface area contributed by atoms with Crippen molar-refractivity contribution < 1.29 is 9.47 Å². The first-order chi connectivity index (χ1) is 10.0. The highest BCUT2D eigenvalue weighted by atomic mass is 127. The van der Waals surface area contributed by atoms with Crippen LogP contribution in [0.5, 0.6) is 11.5 Å². The van der Waals surface area contributed by atoms with Crippen molar-refractivity contribution in [1.29, 1.82) is 0 Å². The molecule has 2 aromatic carbocycles. The van der Waals surface area contributed by atoms with Gasteiger partial charge >= 0.3 is 0 Å². The van der Waals surface area contributed by atoms with E-state index in [4.69, 9.17) is 21.1 Å². The Kier molecular flexibility index (Phi) is 6.01. The molecule has 0 saturated carbocycles. The summed E-state index contributed by atoms with van der Waals surface area (Å²) in [5, 5.41) is 4.02. The van der Waals surface area contributed by atoms with Crippen molar-refractivity contribution in [2.24, 2.45) is 0 Å². The number of hydrogen-bond donors (Lipinski definition) is 1. The number of hydrogen-bond acceptors (Lipinski definition) is 3. The lowest BCUT2D eigenvalue weighted by Crippen LogP contribution is -2.02. The van der Waals surface area contributed by atoms with Gasteiger partial charge in [0.2, 0.25) is 0 Å². The maximum Gasteiger partial charge on any atom is 0.174 e. The van der Waals surface area contributed by atoms with Crippen LogP contribution in [0.25, 0.3) is 0 Å². The Hall–Kier alpha value is -0.660. The van der Waals surface area contributed by atoms with Crippen molar-refractivity contribution in [3.63, 3.8) is 0 Å². The molecule has 112 valence electrons. The van der Waals surface area contributed by atoms with Gasteiger partial charge in [0.05, 0.1) is 22.8 Å². The quantitative estimate of drug-likeness (QED) is 0.584. The zero-order valence-electron chi connectivity index (χ0n) is 11.5. The van der Waals surface area contributed by atoms with Gasteiger partial charge in [-0.25, -0.2) is 0 Å². The molecule has 2 rings (SSSR count). The lowest BCUT2D eigenvalue weighted by molar-refractivity contribution is 0.352. The average Bonchev–Trinajstić information content (AvgIpc) is 2.47. The Morgan fingerprint density at radius 2 is 1.95 bits per heavy atom. The Balaban J connectivity index is 2.16. The van der Waals surface area contributed by atoms with Crippen LogP contribution in [0.4, 0.5) is 5.69 Å². The first-order valence-corrected chi connectivity index (χ1v) is 8.39. The SMILES string of the molecule is COc1cc(CNc2ccc(Br)c(Cl)c2)cc(I)c1OC. The summed E-state index contributed by atoms with van der Waals surface area (Å²) in [5.74, 6) is 1.49. The molecule has 0 atom stereocenters. The van der Waals surface area contributed by atoms with E-state index in [1.54, 1.807) is 14.2 Å². The minimum absolute atomic E-state index is 0.675. The minimum atomic E-state index is 0.675. The van der Waals surface area contributed by atoms with Crippen molar-refractivity contribution in [3.05, 3.63) is 49.0 Å². The smallest absolute Gasteiger partial charge is 0.174 e. The van der Waals surface area contributed by atoms with E-state index in [1.807, 2.05) is 24.3 Å². The van der Waals surface area contributed by atoms with E-state index >= 15 is 0 Å². The molecule has 3 nitrogen and oxygen atoms in total. The molecule has 0 unspecified atom stereocenters. The van der Waals surface area contributed by atoms with Crippen molar-refractivity contribution in [2.75, 3.05) is 19.5 Å². The maximum absolute atomic E-state index is 6.08. The fraction of sp³-hybridized carbons (Fsp3) is 0.200. The van der Waals surface area contributed by atoms with E-state index in [1.165, 1.54) is 0 Å². The minimum Gasteiger partial charge on any atom is -0.493 e. The third kappa shape index (κ3) is 4.17. The molecule has 6 heteroatoms. The van der Waals surface area contributed by atoms with Gasteiger partial charge in [-0.05, 0) is 74.4 Å². The van der Waals surface area contributed by atoms with E-state index in [2.05, 4.69) is 49.9 Å². The Morgan fingerprint density at radius 3 is 2.57 bits per heavy atom. The van der Waals surface area contributed by atoms with E-state index in [9.17, 15) is 0 Å². The third-order valence-electron chi connectivity index (χ3n) is 2.91. The Bertz CT molecular complexity index is 652. The first kappa shape index (κ1) is 16.7. The van der Waals surface area contributed by atoms with Gasteiger partial charge < -0.3 is 14.8 Å². The second-order valence-electron chi connectivity index (χ2n) is 4.30. The highest BCUT2D eigenvalue weighted by Crippen LogP contribution is 2.34. The Labute approximate surface area is 151 Å². The van der Waals surface area contributed by atoms with Crippen LogP contribution in [0, 0.1) is 3.57 Å². The maximum atomic E-state index is 6.08. The van der Waals surface area contributed by atoms with Crippen LogP contribution in [0.3, 0.4) is 0 Å². The van der Waals surface area contributed by atoms with E-state index in [-0.39, 0.29) is 0 Å². The third-order valence-corrected chi connectivity index (χ3v) is 4.94. The molecule has 0 fully saturated rings. The van der Waals surface area contributed by atoms with Crippen LogP contribution in [-0.2, 0) is 6.54 Å². The normalized spacial score (nSPS) is 10.3. The second-order valence-corrected chi connectivity index (χ2v) is 6.72. The number of benzene rings is 2. The van der Waals surface area contributed by atoms with E-state index in [0.29, 0.717) is 11.6 Å². The molecule has 0 aromatic heterocycles. The van der Waals surface area contributed by atoms with Crippen LogP contribution >= 0.6 is 50.1 Å². The van der Waals surface area contributed by atoms with Crippen molar-refractivity contribution in [1.82, 2.24) is 0 Å². The van der Waals surface area contributed by atoms with E-state index < -0.39 is 0 Å². The fourth-order valence-electron chi connectivity index (χ4n) is 1.88. The summed E-state index contributed by atoms with van der Waals surface area (Å²) in [7, 11) is 3.28. The largest absolute Gasteiger partial charge is 0.493 e. The van der Waals surface area contributed by atoms with Crippen molar-refractivity contribution in [2.45, 2.75) is 6.54 Å². The van der Waals surface area contributed by atoms with Crippen molar-refractivity contribution in [3.8, 4) is 11.5 Å². The molecule has 1 N–H and O–H groups in total. The molecule has 0 saturated heterocycles. The standard InChI is InChI=1S/C15H14BrClINO2/c1-20-14-6-9(5-13(18)15(14)21-2)8-19-10-3-4-11(16)12(17)7-10/h3-7,19H,8H2,1-2H3. The molecule has 21 heavy (non-hydrogen) atoms. The molecule has 0 heterocycles. The van der Waals surface area contributed by atoms with Gasteiger partial charge in [0.25, 0.3) is 0 Å². The molecule has 2 aromatic rings. The zero-order chi connectivity index (χ0) is 15.4. The summed E-state index contributed by atoms with van der Waals surface area (Å²) in [6.07, 6.45) is 0. The van der Waals surface area contributed by atoms with Gasteiger partial charge in [0.15, 0.2) is 11.5 Å². The van der Waals surface area contributed by atoms with Crippen LogP contribution in [-0.4, -0.2) is 14.2 Å². The molecular formula is C15H14BrClINO2. The topological polar surface area (TPSA) is 30.5 Å². The molecule has 0 aliphatic carbocycles. The zero-order valence-corrected chi connectivity index (χ0v) is 16.0. The first-order valence-electron chi connectivity index (χ1n) is 6.14. The monoisotopic (exact) mass is 481 g/mol. The second kappa shape index (κ2) is 7.56. The van der Waals surface area contributed by atoms with Gasteiger partial charge in [-0.1, -0.05) is 11.6 Å². The van der Waals surface area contributed by atoms with Gasteiger partial charge in [-0.15, -0.1) is 0 Å². The van der Waals surface area contributed by atoms with Crippen LogP contribution in [0.2, 0.25) is 5.02 Å². The lowest BCUT2D eigenvalue weighted by Gasteiger charge is -2.13. The lowest BCUT2D eigenvalue weighted by atomic mass is 10.2. The van der Waals surface area contributed by atoms with Crippen LogP contribution < -0.4 is 14.8 Å². The number of nitrogens with one attached hydrogen (secondary N) is 1. The molecule has 0 spiro atoms. The number of halogens is 3. The van der Waals surface area contributed by atoms with Crippen LogP contribution in [0.15, 0.2) is 34.8 Å². The predicted octanol–water partition coefficient (Wildman–Crippen LogP) is 5.34. The van der Waals surface area contributed by atoms with Gasteiger partial charge in [0, 0.05) is 16.7 Å². The van der Waals surface area contributed by atoms with E-state index in [0.717, 1.165) is 30.8 Å². The number of methoxy groups -OCH3 is 2. The number of anilines is 1. The summed E-state index contributed by atoms with van der Waals surface area (Å²) in [6, 6.07) is 9.81. The summed E-state index contributed by atoms with van der Waals surface area (Å²) in [5.41, 5.74) is 2.07. The molecule has 0 radical (unpaired) electrons. The molecule has 0 aliphatic heterocycles. The fourth-order valence-corrected chi connectivity index (χ4v) is 3.20. The summed E-state index contributed by atoms with van der Waals surface area (Å²) < 4.78 is 12.6. The van der Waals surface area contributed by atoms with Gasteiger partial charge in [0.1, 0.15) is 0 Å². The van der Waals surface area contributed by atoms with Gasteiger partial charge in [-0.2, -0.15) is 0 Å². The van der Waals surface area contributed by atoms with Crippen LogP contribution in [0.1, 0.15) is 5.56 Å². The molecular weight excluding hydrogens is 468 g/mol. The average molecular weight is 483 g/mol. The van der Waals surface area contributed by atoms with Crippen molar-refractivity contribution >= 4 is 55.8 Å². The Morgan fingerprint density at radius 1 is 1.19 bits per heavy atom. The number of rotatable bonds is 5.